The van der Waals surface area contributed by atoms with Crippen molar-refractivity contribution < 1.29 is 4.79 Å². The van der Waals surface area contributed by atoms with Crippen LogP contribution < -0.4 is 0 Å². The molecule has 2 rings (SSSR count). The summed E-state index contributed by atoms with van der Waals surface area (Å²) in [6.45, 7) is 0. The van der Waals surface area contributed by atoms with Gasteiger partial charge in [-0.2, -0.15) is 0 Å². The molecule has 0 unspecified atom stereocenters. The van der Waals surface area contributed by atoms with E-state index in [1.54, 1.807) is 0 Å². The molecule has 0 heterocycles. The van der Waals surface area contributed by atoms with Crippen LogP contribution in [0.5, 0.6) is 0 Å². The molecule has 1 nitrogen and oxygen atoms in total. The van der Waals surface area contributed by atoms with Gasteiger partial charge < -0.3 is 0 Å². The maximum atomic E-state index is 10.8. The van der Waals surface area contributed by atoms with E-state index in [2.05, 4.69) is 47.8 Å². The highest BCUT2D eigenvalue weighted by atomic mass is 79.9. The van der Waals surface area contributed by atoms with Gasteiger partial charge in [-0.3, -0.25) is 4.79 Å². The summed E-state index contributed by atoms with van der Waals surface area (Å²) in [6.07, 6.45) is 0.844. The van der Waals surface area contributed by atoms with Crippen LogP contribution in [-0.2, 0) is 0 Å². The molecule has 76 valence electrons. The van der Waals surface area contributed by atoms with Gasteiger partial charge in [0.05, 0.1) is 0 Å². The molecule has 0 aromatic heterocycles. The van der Waals surface area contributed by atoms with Crippen LogP contribution in [0.1, 0.15) is 10.4 Å². The monoisotopic (exact) mass is 390 g/mol. The molecule has 0 bridgehead atoms. The first-order chi connectivity index (χ1) is 7.13. The van der Waals surface area contributed by atoms with E-state index in [4.69, 9.17) is 0 Å². The normalized spacial score (nSPS) is 10.6. The molecule has 0 radical (unpaired) electrons. The topological polar surface area (TPSA) is 17.1 Å². The molecule has 2 aromatic rings. The Bertz CT molecular complexity index is 549. The molecular weight excluding hydrogens is 388 g/mol. The highest BCUT2D eigenvalue weighted by molar-refractivity contribution is 9.13. The lowest BCUT2D eigenvalue weighted by Crippen LogP contribution is -1.85. The third-order valence-electron chi connectivity index (χ3n) is 2.15. The van der Waals surface area contributed by atoms with Crippen LogP contribution in [0.4, 0.5) is 0 Å². The quantitative estimate of drug-likeness (QED) is 0.628. The number of carbonyl (C=O) groups is 1. The first kappa shape index (κ1) is 11.3. The van der Waals surface area contributed by atoms with Crippen LogP contribution >= 0.6 is 47.8 Å². The molecule has 0 atom stereocenters. The summed E-state index contributed by atoms with van der Waals surface area (Å²) in [5, 5.41) is 2.11. The average Bonchev–Trinajstić information content (AvgIpc) is 2.23. The molecule has 0 amide bonds. The van der Waals surface area contributed by atoms with Crippen LogP contribution in [-0.4, -0.2) is 6.29 Å². The number of hydrogen-bond acceptors (Lipinski definition) is 1. The SMILES string of the molecule is O=Cc1cc2c(Br)c(Br)ccc2cc1Br. The Hall–Kier alpha value is -0.190. The lowest BCUT2D eigenvalue weighted by atomic mass is 10.1. The predicted molar refractivity (Wildman–Crippen MR) is 72.4 cm³/mol. The molecular formula is C11H5Br3O. The van der Waals surface area contributed by atoms with Gasteiger partial charge in [-0.25, -0.2) is 0 Å². The van der Waals surface area contributed by atoms with Gasteiger partial charge in [-0.05, 0) is 60.8 Å². The van der Waals surface area contributed by atoms with Gasteiger partial charge in [-0.1, -0.05) is 22.0 Å². The van der Waals surface area contributed by atoms with Crippen molar-refractivity contribution in [2.45, 2.75) is 0 Å². The van der Waals surface area contributed by atoms with Crippen molar-refractivity contribution in [3.8, 4) is 0 Å². The minimum Gasteiger partial charge on any atom is -0.298 e. The van der Waals surface area contributed by atoms with Crippen LogP contribution in [0.25, 0.3) is 10.8 Å². The second-order valence-electron chi connectivity index (χ2n) is 3.07. The first-order valence-electron chi connectivity index (χ1n) is 4.16. The Labute approximate surface area is 112 Å². The zero-order chi connectivity index (χ0) is 11.0. The van der Waals surface area contributed by atoms with Gasteiger partial charge in [0.25, 0.3) is 0 Å². The number of hydrogen-bond donors (Lipinski definition) is 0. The van der Waals surface area contributed by atoms with Crippen molar-refractivity contribution in [2.24, 2.45) is 0 Å². The number of aldehydes is 1. The van der Waals surface area contributed by atoms with Crippen molar-refractivity contribution in [3.05, 3.63) is 43.2 Å². The Morgan fingerprint density at radius 2 is 1.73 bits per heavy atom. The maximum absolute atomic E-state index is 10.8. The summed E-state index contributed by atoms with van der Waals surface area (Å²) in [7, 11) is 0. The molecule has 0 saturated heterocycles. The van der Waals surface area contributed by atoms with Gasteiger partial charge in [0.1, 0.15) is 0 Å². The molecule has 0 spiro atoms. The van der Waals surface area contributed by atoms with Crippen molar-refractivity contribution in [3.63, 3.8) is 0 Å². The van der Waals surface area contributed by atoms with Crippen molar-refractivity contribution in [1.29, 1.82) is 0 Å². The zero-order valence-electron chi connectivity index (χ0n) is 7.43. The fourth-order valence-electron chi connectivity index (χ4n) is 1.39. The van der Waals surface area contributed by atoms with E-state index in [1.807, 2.05) is 24.3 Å². The van der Waals surface area contributed by atoms with Crippen molar-refractivity contribution >= 4 is 64.8 Å². The second-order valence-corrected chi connectivity index (χ2v) is 5.58. The van der Waals surface area contributed by atoms with Crippen molar-refractivity contribution in [1.82, 2.24) is 0 Å². The molecule has 0 fully saturated rings. The molecule has 2 aromatic carbocycles. The van der Waals surface area contributed by atoms with Crippen LogP contribution in [0, 0.1) is 0 Å². The van der Waals surface area contributed by atoms with Gasteiger partial charge in [-0.15, -0.1) is 0 Å². The third-order valence-corrected chi connectivity index (χ3v) is 4.89. The zero-order valence-corrected chi connectivity index (χ0v) is 12.2. The van der Waals surface area contributed by atoms with E-state index < -0.39 is 0 Å². The van der Waals surface area contributed by atoms with Gasteiger partial charge in [0, 0.05) is 19.0 Å². The minimum absolute atomic E-state index is 0.654. The molecule has 0 aliphatic carbocycles. The van der Waals surface area contributed by atoms with Crippen LogP contribution in [0.3, 0.4) is 0 Å². The van der Waals surface area contributed by atoms with Gasteiger partial charge >= 0.3 is 0 Å². The molecule has 15 heavy (non-hydrogen) atoms. The minimum atomic E-state index is 0.654. The van der Waals surface area contributed by atoms with E-state index >= 15 is 0 Å². The van der Waals surface area contributed by atoms with E-state index in [0.29, 0.717) is 5.56 Å². The summed E-state index contributed by atoms with van der Waals surface area (Å²) >= 11 is 10.3. The summed E-state index contributed by atoms with van der Waals surface area (Å²) in [6, 6.07) is 7.78. The molecule has 0 aliphatic heterocycles. The van der Waals surface area contributed by atoms with Gasteiger partial charge in [0.2, 0.25) is 0 Å². The Balaban J connectivity index is 2.88. The fourth-order valence-corrected chi connectivity index (χ4v) is 2.66. The molecule has 4 heteroatoms. The smallest absolute Gasteiger partial charge is 0.151 e. The lowest BCUT2D eigenvalue weighted by Gasteiger charge is -2.05. The highest BCUT2D eigenvalue weighted by Crippen LogP contribution is 2.33. The molecule has 0 aliphatic rings. The largest absolute Gasteiger partial charge is 0.298 e. The Kier molecular flexibility index (Phi) is 3.28. The Morgan fingerprint density at radius 3 is 2.40 bits per heavy atom. The van der Waals surface area contributed by atoms with Crippen LogP contribution in [0.15, 0.2) is 37.7 Å². The maximum Gasteiger partial charge on any atom is 0.151 e. The van der Waals surface area contributed by atoms with Gasteiger partial charge in [0.15, 0.2) is 6.29 Å². The number of halogens is 3. The van der Waals surface area contributed by atoms with E-state index in [-0.39, 0.29) is 0 Å². The molecule has 0 N–H and O–H groups in total. The average molecular weight is 393 g/mol. The third kappa shape index (κ3) is 2.03. The summed E-state index contributed by atoms with van der Waals surface area (Å²) in [4.78, 5) is 10.8. The predicted octanol–water partition coefficient (Wildman–Crippen LogP) is 4.94. The number of benzene rings is 2. The van der Waals surface area contributed by atoms with E-state index in [0.717, 1.165) is 30.5 Å². The van der Waals surface area contributed by atoms with E-state index in [9.17, 15) is 4.79 Å². The summed E-state index contributed by atoms with van der Waals surface area (Å²) in [5.41, 5.74) is 0.654. The standard InChI is InChI=1S/C11H5Br3O/c12-9-2-1-6-4-10(13)7(5-15)3-8(6)11(9)14/h1-5H. The Morgan fingerprint density at radius 1 is 1.00 bits per heavy atom. The number of fused-ring (bicyclic) bond motifs is 1. The summed E-state index contributed by atoms with van der Waals surface area (Å²) < 4.78 is 2.77. The van der Waals surface area contributed by atoms with Crippen LogP contribution in [0.2, 0.25) is 0 Å². The molecule has 0 saturated carbocycles. The highest BCUT2D eigenvalue weighted by Gasteiger charge is 2.06. The summed E-state index contributed by atoms with van der Waals surface area (Å²) in [5.74, 6) is 0. The number of carbonyl (C=O) groups excluding carboxylic acids is 1. The van der Waals surface area contributed by atoms with Crippen molar-refractivity contribution in [2.75, 3.05) is 0 Å². The second kappa shape index (κ2) is 4.36. The lowest BCUT2D eigenvalue weighted by molar-refractivity contribution is 0.112. The first-order valence-corrected chi connectivity index (χ1v) is 6.54. The van der Waals surface area contributed by atoms with E-state index in [1.165, 1.54) is 0 Å². The number of rotatable bonds is 1. The fraction of sp³-hybridized carbons (Fsp3) is 0.